The van der Waals surface area contributed by atoms with Crippen LogP contribution in [-0.4, -0.2) is 28.0 Å². The van der Waals surface area contributed by atoms with Gasteiger partial charge in [-0.3, -0.25) is 14.2 Å². The maximum atomic E-state index is 13.0. The Kier molecular flexibility index (Phi) is 6.41. The molecule has 0 saturated carbocycles. The van der Waals surface area contributed by atoms with Crippen molar-refractivity contribution in [1.82, 2.24) is 9.55 Å². The van der Waals surface area contributed by atoms with Crippen LogP contribution in [0.25, 0.3) is 10.9 Å². The van der Waals surface area contributed by atoms with Crippen LogP contribution in [0.15, 0.2) is 23.0 Å². The second-order valence-electron chi connectivity index (χ2n) is 8.04. The highest BCUT2D eigenvalue weighted by Crippen LogP contribution is 2.33. The summed E-state index contributed by atoms with van der Waals surface area (Å²) in [5.74, 6) is -0.0160. The number of benzene rings is 1. The second kappa shape index (κ2) is 9.24. The van der Waals surface area contributed by atoms with Gasteiger partial charge in [0.15, 0.2) is 0 Å². The number of esters is 1. The largest absolute Gasteiger partial charge is 0.462 e. The van der Waals surface area contributed by atoms with Crippen LogP contribution in [-0.2, 0) is 17.7 Å². The third-order valence-corrected chi connectivity index (χ3v) is 7.04. The number of nitrogens with zero attached hydrogens (tertiary/aromatic N) is 2. The third kappa shape index (κ3) is 4.19. The first kappa shape index (κ1) is 22.2. The van der Waals surface area contributed by atoms with Crippen molar-refractivity contribution in [3.05, 3.63) is 55.9 Å². The molecular formula is C24H27N3O4S. The van der Waals surface area contributed by atoms with E-state index in [0.717, 1.165) is 48.4 Å². The molecule has 0 fully saturated rings. The van der Waals surface area contributed by atoms with Gasteiger partial charge >= 0.3 is 5.97 Å². The quantitative estimate of drug-likeness (QED) is 0.582. The fourth-order valence-corrected chi connectivity index (χ4v) is 5.12. The van der Waals surface area contributed by atoms with Crippen molar-refractivity contribution in [1.29, 1.82) is 0 Å². The van der Waals surface area contributed by atoms with Crippen LogP contribution >= 0.6 is 11.3 Å². The molecule has 0 aliphatic carbocycles. The number of fused-ring (bicyclic) bond motifs is 2. The monoisotopic (exact) mass is 453 g/mol. The van der Waals surface area contributed by atoms with E-state index >= 15 is 0 Å². The Bertz CT molecular complexity index is 1260. The van der Waals surface area contributed by atoms with Gasteiger partial charge in [0, 0.05) is 23.4 Å². The predicted octanol–water partition coefficient (Wildman–Crippen LogP) is 4.62. The van der Waals surface area contributed by atoms with Crippen LogP contribution in [0.1, 0.15) is 69.6 Å². The van der Waals surface area contributed by atoms with E-state index in [9.17, 15) is 14.4 Å². The van der Waals surface area contributed by atoms with E-state index in [1.165, 1.54) is 11.3 Å². The lowest BCUT2D eigenvalue weighted by molar-refractivity contribution is 0.0527. The summed E-state index contributed by atoms with van der Waals surface area (Å²) < 4.78 is 6.94. The van der Waals surface area contributed by atoms with E-state index in [0.29, 0.717) is 33.6 Å². The molecule has 7 nitrogen and oxygen atoms in total. The molecule has 1 amide bonds. The van der Waals surface area contributed by atoms with Crippen molar-refractivity contribution in [2.75, 3.05) is 11.9 Å². The summed E-state index contributed by atoms with van der Waals surface area (Å²) in [4.78, 5) is 44.1. The number of anilines is 1. The Balaban J connectivity index is 1.68. The summed E-state index contributed by atoms with van der Waals surface area (Å²) in [6, 6.07) is 4.96. The molecule has 0 atom stereocenters. The number of thiophene rings is 1. The molecule has 0 bridgehead atoms. The Hall–Kier alpha value is -3.00. The number of aryl methyl sites for hydroxylation is 2. The van der Waals surface area contributed by atoms with Gasteiger partial charge in [0.05, 0.1) is 23.1 Å². The first-order chi connectivity index (χ1) is 15.4. The number of nitrogens with one attached hydrogen (secondary N) is 1. The minimum absolute atomic E-state index is 0.0482. The van der Waals surface area contributed by atoms with Crippen molar-refractivity contribution in [3.63, 3.8) is 0 Å². The van der Waals surface area contributed by atoms with Crippen molar-refractivity contribution in [2.24, 2.45) is 0 Å². The lowest BCUT2D eigenvalue weighted by Crippen LogP contribution is -2.26. The van der Waals surface area contributed by atoms with Gasteiger partial charge in [0.2, 0.25) is 0 Å². The minimum Gasteiger partial charge on any atom is -0.462 e. The second-order valence-corrected chi connectivity index (χ2v) is 9.27. The summed E-state index contributed by atoms with van der Waals surface area (Å²) in [5.41, 5.74) is 2.06. The minimum atomic E-state index is -0.448. The third-order valence-electron chi connectivity index (χ3n) is 5.92. The Morgan fingerprint density at radius 3 is 2.75 bits per heavy atom. The molecule has 4 rings (SSSR count). The van der Waals surface area contributed by atoms with E-state index in [1.54, 1.807) is 29.7 Å². The molecule has 1 aliphatic rings. The first-order valence-electron chi connectivity index (χ1n) is 11.0. The maximum Gasteiger partial charge on any atom is 0.341 e. The van der Waals surface area contributed by atoms with Gasteiger partial charge in [-0.1, -0.05) is 12.8 Å². The van der Waals surface area contributed by atoms with Gasteiger partial charge in [-0.2, -0.15) is 0 Å². The van der Waals surface area contributed by atoms with Crippen LogP contribution in [0.5, 0.6) is 0 Å². The number of ether oxygens (including phenoxy) is 1. The Morgan fingerprint density at radius 1 is 1.19 bits per heavy atom. The zero-order chi connectivity index (χ0) is 22.8. The molecule has 3 aromatic rings. The van der Waals surface area contributed by atoms with E-state index in [4.69, 9.17) is 9.72 Å². The number of amides is 1. The van der Waals surface area contributed by atoms with Crippen LogP contribution in [0.3, 0.4) is 0 Å². The standard InChI is InChI=1S/C24H27N3O4S/c1-4-31-24(30)20-14(2)15(3)32-22(20)26-21(28)16-10-11-17-18(13-16)25-19-9-7-5-6-8-12-27(19)23(17)29/h10-11,13H,4-9,12H2,1-3H3,(H,26,28). The average Bonchev–Trinajstić information content (AvgIpc) is 3.02. The molecule has 0 unspecified atom stereocenters. The number of carbonyl (C=O) groups is 2. The molecule has 0 radical (unpaired) electrons. The molecule has 1 aromatic carbocycles. The van der Waals surface area contributed by atoms with Crippen molar-refractivity contribution in [3.8, 4) is 0 Å². The predicted molar refractivity (Wildman–Crippen MR) is 126 cm³/mol. The average molecular weight is 454 g/mol. The molecule has 2 aromatic heterocycles. The number of carbonyl (C=O) groups excluding carboxylic acids is 2. The fraction of sp³-hybridized carbons (Fsp3) is 0.417. The number of rotatable bonds is 4. The topological polar surface area (TPSA) is 90.3 Å². The molecule has 1 N–H and O–H groups in total. The van der Waals surface area contributed by atoms with Crippen molar-refractivity contribution >= 4 is 39.1 Å². The van der Waals surface area contributed by atoms with Gasteiger partial charge in [-0.05, 0) is 57.4 Å². The summed E-state index contributed by atoms with van der Waals surface area (Å²) in [7, 11) is 0. The van der Waals surface area contributed by atoms with Gasteiger partial charge < -0.3 is 10.1 Å². The maximum absolute atomic E-state index is 13.0. The highest BCUT2D eigenvalue weighted by atomic mass is 32.1. The van der Waals surface area contributed by atoms with E-state index in [1.807, 2.05) is 13.8 Å². The molecule has 0 saturated heterocycles. The molecule has 8 heteroatoms. The number of aromatic nitrogens is 2. The lowest BCUT2D eigenvalue weighted by atomic mass is 10.1. The fourth-order valence-electron chi connectivity index (χ4n) is 4.08. The van der Waals surface area contributed by atoms with Gasteiger partial charge in [-0.15, -0.1) is 11.3 Å². The summed E-state index contributed by atoms with van der Waals surface area (Å²) in [5, 5.41) is 3.84. The summed E-state index contributed by atoms with van der Waals surface area (Å²) in [6.07, 6.45) is 5.00. The molecule has 3 heterocycles. The highest BCUT2D eigenvalue weighted by Gasteiger charge is 2.23. The number of hydrogen-bond donors (Lipinski definition) is 1. The summed E-state index contributed by atoms with van der Waals surface area (Å²) in [6.45, 7) is 6.44. The smallest absolute Gasteiger partial charge is 0.341 e. The van der Waals surface area contributed by atoms with Gasteiger partial charge in [0.25, 0.3) is 11.5 Å². The normalized spacial score (nSPS) is 13.8. The van der Waals surface area contributed by atoms with Gasteiger partial charge in [0.1, 0.15) is 10.8 Å². The van der Waals surface area contributed by atoms with E-state index in [2.05, 4.69) is 5.32 Å². The summed E-state index contributed by atoms with van der Waals surface area (Å²) >= 11 is 1.35. The van der Waals surface area contributed by atoms with Crippen LogP contribution in [0.2, 0.25) is 0 Å². The molecular weight excluding hydrogens is 426 g/mol. The van der Waals surface area contributed by atoms with Crippen LogP contribution in [0.4, 0.5) is 5.00 Å². The number of hydrogen-bond acceptors (Lipinski definition) is 6. The molecule has 168 valence electrons. The molecule has 32 heavy (non-hydrogen) atoms. The van der Waals surface area contributed by atoms with E-state index in [-0.39, 0.29) is 18.1 Å². The molecule has 1 aliphatic heterocycles. The van der Waals surface area contributed by atoms with Crippen LogP contribution < -0.4 is 10.9 Å². The van der Waals surface area contributed by atoms with E-state index < -0.39 is 5.97 Å². The zero-order valence-corrected chi connectivity index (χ0v) is 19.4. The lowest BCUT2D eigenvalue weighted by Gasteiger charge is -2.16. The van der Waals surface area contributed by atoms with Crippen LogP contribution in [0, 0.1) is 13.8 Å². The van der Waals surface area contributed by atoms with Gasteiger partial charge in [-0.25, -0.2) is 9.78 Å². The highest BCUT2D eigenvalue weighted by molar-refractivity contribution is 7.16. The SMILES string of the molecule is CCOC(=O)c1c(NC(=O)c2ccc3c(=O)n4c(nc3c2)CCCCCC4)sc(C)c1C. The Labute approximate surface area is 190 Å². The van der Waals surface area contributed by atoms with Crippen molar-refractivity contribution < 1.29 is 14.3 Å². The Morgan fingerprint density at radius 2 is 1.97 bits per heavy atom. The van der Waals surface area contributed by atoms with Crippen molar-refractivity contribution in [2.45, 2.75) is 59.4 Å². The zero-order valence-electron chi connectivity index (χ0n) is 18.6. The molecule has 0 spiro atoms. The first-order valence-corrected chi connectivity index (χ1v) is 11.8.